The summed E-state index contributed by atoms with van der Waals surface area (Å²) in [6.07, 6.45) is 1.88. The number of aliphatic carboxylic acids is 1. The van der Waals surface area contributed by atoms with Crippen LogP contribution in [-0.4, -0.2) is 37.5 Å². The number of carbonyl (C=O) groups excluding carboxylic acids is 1. The second-order valence-electron chi connectivity index (χ2n) is 6.86. The average molecular weight is 425 g/mol. The van der Waals surface area contributed by atoms with E-state index in [0.717, 1.165) is 22.2 Å². The third-order valence-corrected chi connectivity index (χ3v) is 5.70. The van der Waals surface area contributed by atoms with Crippen molar-refractivity contribution in [3.05, 3.63) is 69.2 Å². The molecule has 0 saturated carbocycles. The maximum absolute atomic E-state index is 12.3. The van der Waals surface area contributed by atoms with Crippen LogP contribution in [0, 0.1) is 6.92 Å². The van der Waals surface area contributed by atoms with Crippen LogP contribution in [0.4, 0.5) is 4.79 Å². The van der Waals surface area contributed by atoms with E-state index >= 15 is 0 Å². The van der Waals surface area contributed by atoms with Crippen LogP contribution in [0.25, 0.3) is 15.9 Å². The van der Waals surface area contributed by atoms with Gasteiger partial charge in [0.1, 0.15) is 6.04 Å². The quantitative estimate of drug-likeness (QED) is 0.376. The normalized spacial score (nSPS) is 12.2. The van der Waals surface area contributed by atoms with Crippen LogP contribution < -0.4 is 16.2 Å². The molecule has 10 heteroatoms. The van der Waals surface area contributed by atoms with Crippen molar-refractivity contribution in [2.75, 3.05) is 0 Å². The van der Waals surface area contributed by atoms with E-state index in [-0.39, 0.29) is 18.5 Å². The fraction of sp³-hybridized carbons (Fsp3) is 0.200. The number of nitrogens with one attached hydrogen (secondary N) is 3. The molecule has 0 spiro atoms. The van der Waals surface area contributed by atoms with E-state index in [1.165, 1.54) is 21.8 Å². The number of H-pyrrole nitrogens is 1. The summed E-state index contributed by atoms with van der Waals surface area (Å²) < 4.78 is 1.50. The first-order valence-electron chi connectivity index (χ1n) is 9.21. The highest BCUT2D eigenvalue weighted by atomic mass is 32.1. The average Bonchev–Trinajstić information content (AvgIpc) is 3.30. The van der Waals surface area contributed by atoms with Gasteiger partial charge < -0.3 is 20.7 Å². The number of para-hydroxylation sites is 1. The Kier molecular flexibility index (Phi) is 5.23. The number of aryl methyl sites for hydroxylation is 1. The maximum Gasteiger partial charge on any atom is 0.326 e. The summed E-state index contributed by atoms with van der Waals surface area (Å²) in [7, 11) is 0. The maximum atomic E-state index is 12.3. The van der Waals surface area contributed by atoms with Gasteiger partial charge in [-0.1, -0.05) is 18.2 Å². The zero-order valence-corrected chi connectivity index (χ0v) is 16.8. The molecule has 154 valence electrons. The number of amides is 2. The first-order chi connectivity index (χ1) is 14.4. The number of nitrogens with zero attached hydrogens (tertiary/aromatic N) is 2. The lowest BCUT2D eigenvalue weighted by atomic mass is 10.1. The molecule has 1 aromatic carbocycles. The van der Waals surface area contributed by atoms with Crippen molar-refractivity contribution in [2.45, 2.75) is 25.9 Å². The Morgan fingerprint density at radius 3 is 2.93 bits per heavy atom. The molecule has 0 fully saturated rings. The Balaban J connectivity index is 1.42. The van der Waals surface area contributed by atoms with Crippen LogP contribution >= 0.6 is 11.3 Å². The Hall–Kier alpha value is -3.66. The molecule has 3 aromatic heterocycles. The SMILES string of the molecule is Cc1csc2nc(CNC(=O)N[C@H](Cc3c[nH]c4ccccc34)C(=O)O)cc(=O)n12. The molecule has 0 saturated heterocycles. The fourth-order valence-electron chi connectivity index (χ4n) is 3.29. The smallest absolute Gasteiger partial charge is 0.326 e. The van der Waals surface area contributed by atoms with Crippen LogP contribution in [0.3, 0.4) is 0 Å². The van der Waals surface area contributed by atoms with Crippen LogP contribution in [0.2, 0.25) is 0 Å². The van der Waals surface area contributed by atoms with Gasteiger partial charge in [0.15, 0.2) is 4.96 Å². The van der Waals surface area contributed by atoms with E-state index in [1.807, 2.05) is 36.6 Å². The molecule has 0 bridgehead atoms. The number of thiazole rings is 1. The first kappa shape index (κ1) is 19.6. The first-order valence-corrected chi connectivity index (χ1v) is 10.1. The number of rotatable bonds is 6. The van der Waals surface area contributed by atoms with Crippen LogP contribution in [0.15, 0.2) is 46.7 Å². The van der Waals surface area contributed by atoms with Crippen molar-refractivity contribution in [1.29, 1.82) is 0 Å². The van der Waals surface area contributed by atoms with E-state index in [9.17, 15) is 19.5 Å². The third-order valence-electron chi connectivity index (χ3n) is 4.76. The lowest BCUT2D eigenvalue weighted by Crippen LogP contribution is -2.47. The van der Waals surface area contributed by atoms with Crippen molar-refractivity contribution in [2.24, 2.45) is 0 Å². The van der Waals surface area contributed by atoms with Gasteiger partial charge in [-0.05, 0) is 18.6 Å². The van der Waals surface area contributed by atoms with Crippen molar-refractivity contribution < 1.29 is 14.7 Å². The minimum atomic E-state index is -1.14. The van der Waals surface area contributed by atoms with Gasteiger partial charge in [0.05, 0.1) is 12.2 Å². The molecule has 1 atom stereocenters. The highest BCUT2D eigenvalue weighted by Crippen LogP contribution is 2.19. The summed E-state index contributed by atoms with van der Waals surface area (Å²) in [5.41, 5.74) is 2.68. The Bertz CT molecular complexity index is 1310. The number of carboxylic acids is 1. The lowest BCUT2D eigenvalue weighted by molar-refractivity contribution is -0.139. The largest absolute Gasteiger partial charge is 0.480 e. The Morgan fingerprint density at radius 2 is 2.13 bits per heavy atom. The van der Waals surface area contributed by atoms with Crippen molar-refractivity contribution in [3.8, 4) is 0 Å². The Morgan fingerprint density at radius 1 is 1.33 bits per heavy atom. The number of carbonyl (C=O) groups is 2. The summed E-state index contributed by atoms with van der Waals surface area (Å²) in [4.78, 5) is 44.1. The summed E-state index contributed by atoms with van der Waals surface area (Å²) in [5.74, 6) is -1.14. The second kappa shape index (κ2) is 7.99. The highest BCUT2D eigenvalue weighted by molar-refractivity contribution is 7.15. The van der Waals surface area contributed by atoms with Gasteiger partial charge in [0, 0.05) is 40.7 Å². The van der Waals surface area contributed by atoms with E-state index in [1.54, 1.807) is 6.20 Å². The lowest BCUT2D eigenvalue weighted by Gasteiger charge is -2.15. The molecule has 0 aliphatic heterocycles. The minimum absolute atomic E-state index is 0.00788. The second-order valence-corrected chi connectivity index (χ2v) is 7.70. The number of hydrogen-bond donors (Lipinski definition) is 4. The number of fused-ring (bicyclic) bond motifs is 2. The van der Waals surface area contributed by atoms with Crippen molar-refractivity contribution >= 4 is 39.2 Å². The van der Waals surface area contributed by atoms with E-state index in [0.29, 0.717) is 10.7 Å². The van der Waals surface area contributed by atoms with Crippen LogP contribution in [-0.2, 0) is 17.8 Å². The standard InChI is InChI=1S/C20H19N5O4S/c1-11-10-30-20-23-13(7-17(26)25(11)20)9-22-19(29)24-16(18(27)28)6-12-8-21-15-5-3-2-4-14(12)15/h2-5,7-8,10,16,21H,6,9H2,1H3,(H,27,28)(H2,22,24,29)/t16-/m1/s1. The van der Waals surface area contributed by atoms with Gasteiger partial charge in [-0.3, -0.25) is 9.20 Å². The number of benzene rings is 1. The van der Waals surface area contributed by atoms with Crippen LogP contribution in [0.5, 0.6) is 0 Å². The molecular formula is C20H19N5O4S. The third kappa shape index (κ3) is 3.90. The predicted molar refractivity (Wildman–Crippen MR) is 113 cm³/mol. The molecule has 4 rings (SSSR count). The van der Waals surface area contributed by atoms with Gasteiger partial charge in [0.25, 0.3) is 5.56 Å². The summed E-state index contributed by atoms with van der Waals surface area (Å²) in [6, 6.07) is 7.16. The van der Waals surface area contributed by atoms with Gasteiger partial charge in [-0.25, -0.2) is 14.6 Å². The molecule has 4 N–H and O–H groups in total. The predicted octanol–water partition coefficient (Wildman–Crippen LogP) is 2.04. The number of hydrogen-bond acceptors (Lipinski definition) is 5. The highest BCUT2D eigenvalue weighted by Gasteiger charge is 2.22. The molecule has 30 heavy (non-hydrogen) atoms. The number of aromatic nitrogens is 3. The number of aromatic amines is 1. The fourth-order valence-corrected chi connectivity index (χ4v) is 4.18. The Labute approximate surface area is 174 Å². The number of carboxylic acid groups (broad SMARTS) is 1. The summed E-state index contributed by atoms with van der Waals surface area (Å²) >= 11 is 1.34. The topological polar surface area (TPSA) is 129 Å². The summed E-state index contributed by atoms with van der Waals surface area (Å²) in [5, 5.41) is 17.3. The molecule has 3 heterocycles. The zero-order valence-electron chi connectivity index (χ0n) is 16.0. The van der Waals surface area contributed by atoms with Crippen LogP contribution in [0.1, 0.15) is 17.0 Å². The van der Waals surface area contributed by atoms with Gasteiger partial charge in [-0.2, -0.15) is 0 Å². The minimum Gasteiger partial charge on any atom is -0.480 e. The molecule has 9 nitrogen and oxygen atoms in total. The monoisotopic (exact) mass is 425 g/mol. The van der Waals surface area contributed by atoms with Gasteiger partial charge in [-0.15, -0.1) is 11.3 Å². The van der Waals surface area contributed by atoms with E-state index < -0.39 is 18.0 Å². The molecule has 0 unspecified atom stereocenters. The molecule has 0 radical (unpaired) electrons. The molecule has 4 aromatic rings. The molecular weight excluding hydrogens is 406 g/mol. The zero-order chi connectivity index (χ0) is 21.3. The molecule has 0 aliphatic carbocycles. The van der Waals surface area contributed by atoms with Crippen molar-refractivity contribution in [1.82, 2.24) is 25.0 Å². The molecule has 2 amide bonds. The van der Waals surface area contributed by atoms with Gasteiger partial charge in [0.2, 0.25) is 0 Å². The van der Waals surface area contributed by atoms with Crippen molar-refractivity contribution in [3.63, 3.8) is 0 Å². The van der Waals surface area contributed by atoms with E-state index in [2.05, 4.69) is 20.6 Å². The van der Waals surface area contributed by atoms with E-state index in [4.69, 9.17) is 0 Å². The van der Waals surface area contributed by atoms with Gasteiger partial charge >= 0.3 is 12.0 Å². The summed E-state index contributed by atoms with van der Waals surface area (Å²) in [6.45, 7) is 1.83. The number of urea groups is 1. The molecule has 0 aliphatic rings.